The van der Waals surface area contributed by atoms with Gasteiger partial charge in [-0.25, -0.2) is 4.98 Å². The summed E-state index contributed by atoms with van der Waals surface area (Å²) in [5.41, 5.74) is 12.8. The van der Waals surface area contributed by atoms with Crippen LogP contribution in [0, 0.1) is 24.4 Å². The van der Waals surface area contributed by atoms with E-state index in [-0.39, 0.29) is 60.9 Å². The number of rotatable bonds is 10. The van der Waals surface area contributed by atoms with Crippen LogP contribution in [0.2, 0.25) is 0 Å². The van der Waals surface area contributed by atoms with Gasteiger partial charge >= 0.3 is 0 Å². The van der Waals surface area contributed by atoms with E-state index in [2.05, 4.69) is 166 Å². The van der Waals surface area contributed by atoms with Gasteiger partial charge in [0.15, 0.2) is 0 Å². The summed E-state index contributed by atoms with van der Waals surface area (Å²) in [6, 6.07) is 54.4. The molecule has 11 aromatic rings. The first kappa shape index (κ1) is 45.8. The van der Waals surface area contributed by atoms with Crippen LogP contribution in [0.1, 0.15) is 119 Å². The number of hydrogen-bond acceptors (Lipinski definition) is 2. The molecule has 0 amide bonds. The van der Waals surface area contributed by atoms with Crippen LogP contribution in [0.4, 0.5) is 0 Å². The summed E-state index contributed by atoms with van der Waals surface area (Å²) >= 11 is 0. The van der Waals surface area contributed by atoms with Crippen molar-refractivity contribution in [2.75, 3.05) is 0 Å². The van der Waals surface area contributed by atoms with Crippen LogP contribution in [-0.2, 0) is 37.3 Å². The van der Waals surface area contributed by atoms with Crippen LogP contribution in [0.3, 0.4) is 0 Å². The van der Waals surface area contributed by atoms with Crippen molar-refractivity contribution in [2.45, 2.75) is 105 Å². The van der Waals surface area contributed by atoms with Gasteiger partial charge in [0.2, 0.25) is 0 Å². The van der Waals surface area contributed by atoms with Crippen molar-refractivity contribution in [2.24, 2.45) is 5.92 Å². The zero-order valence-electron chi connectivity index (χ0n) is 52.0. The van der Waals surface area contributed by atoms with E-state index in [0.29, 0.717) is 34.3 Å². The minimum atomic E-state index is -0.945. The van der Waals surface area contributed by atoms with Crippen molar-refractivity contribution in [3.05, 3.63) is 223 Å². The molecule has 1 atom stereocenters. The number of nitrogens with zero attached hydrogens (tertiary/aromatic N) is 4. The van der Waals surface area contributed by atoms with Gasteiger partial charge in [0.25, 0.3) is 6.33 Å². The van der Waals surface area contributed by atoms with Crippen molar-refractivity contribution in [3.63, 3.8) is 0 Å². The summed E-state index contributed by atoms with van der Waals surface area (Å²) in [5.74, 6) is 0.635. The maximum absolute atomic E-state index is 9.80. The summed E-state index contributed by atoms with van der Waals surface area (Å²) in [7, 11) is 0. The molecule has 3 heterocycles. The van der Waals surface area contributed by atoms with E-state index in [9.17, 15) is 4.11 Å². The second-order valence-corrected chi connectivity index (χ2v) is 23.5. The van der Waals surface area contributed by atoms with E-state index < -0.39 is 24.0 Å². The average molecular weight is 1190 g/mol. The number of aromatic nitrogens is 4. The van der Waals surface area contributed by atoms with Gasteiger partial charge in [-0.3, -0.25) is 4.57 Å². The smallest absolute Gasteiger partial charge is 0.268 e. The molecule has 0 saturated heterocycles. The van der Waals surface area contributed by atoms with Gasteiger partial charge < -0.3 is 13.9 Å². The summed E-state index contributed by atoms with van der Waals surface area (Å²) in [6.07, 6.45) is 5.59. The monoisotopic (exact) mass is 1190 g/mol. The van der Waals surface area contributed by atoms with Crippen LogP contribution in [0.15, 0.2) is 182 Å². The molecule has 0 fully saturated rings. The zero-order chi connectivity index (χ0) is 58.5. The summed E-state index contributed by atoms with van der Waals surface area (Å²) in [5, 5.41) is 2.01. The third-order valence-corrected chi connectivity index (χ3v) is 14.8. The Morgan fingerprint density at radius 1 is 0.571 bits per heavy atom. The first-order valence-corrected chi connectivity index (χ1v) is 26.3. The quantitative estimate of drug-likeness (QED) is 0.101. The maximum Gasteiger partial charge on any atom is 0.268 e. The molecule has 0 N–H and O–H groups in total. The zero-order valence-corrected chi connectivity index (χ0v) is 48.3. The Morgan fingerprint density at radius 2 is 1.19 bits per heavy atom. The molecule has 0 saturated carbocycles. The third-order valence-electron chi connectivity index (χ3n) is 14.8. The summed E-state index contributed by atoms with van der Waals surface area (Å²) in [6.45, 7) is 26.0. The molecule has 0 spiro atoms. The number of para-hydroxylation sites is 4. The number of fused-ring (bicyclic) bond motifs is 4. The SMILES string of the molecule is [2H]c1c([2H])c([2H])c(-c2cccc(-c3cc(C(C)(C)C)cc(C(C)(C)C)c3)c2-[n+]2[c-]n(-c3[c-]c(Oc4[c-]c5c(cc4)c4ccccc4n5-c4cc(C([2H])(C)C(C)C)c(-c5ccc(C(C)(C)C)cc5)cn4)ccc3)c3ccccc32)c([2H])c1[2H].[Pt]. The number of benzene rings is 8. The number of imidazole rings is 1. The van der Waals surface area contributed by atoms with Gasteiger partial charge in [-0.2, -0.15) is 18.2 Å². The molecule has 390 valence electrons. The minimum Gasteiger partial charge on any atom is -0.510 e. The van der Waals surface area contributed by atoms with Crippen molar-refractivity contribution in [1.29, 1.82) is 0 Å². The summed E-state index contributed by atoms with van der Waals surface area (Å²) in [4.78, 5) is 5.16. The Morgan fingerprint density at radius 3 is 1.87 bits per heavy atom. The average Bonchev–Trinajstić information content (AvgIpc) is 2.33. The van der Waals surface area contributed by atoms with Gasteiger partial charge in [0.05, 0.1) is 23.6 Å². The number of pyridine rings is 1. The molecule has 0 bridgehead atoms. The Labute approximate surface area is 478 Å². The van der Waals surface area contributed by atoms with E-state index >= 15 is 0 Å². The molecule has 11 rings (SSSR count). The van der Waals surface area contributed by atoms with Crippen LogP contribution < -0.4 is 9.30 Å². The van der Waals surface area contributed by atoms with Gasteiger partial charge in [-0.15, -0.1) is 29.7 Å². The third kappa shape index (κ3) is 10.2. The van der Waals surface area contributed by atoms with Crippen LogP contribution >= 0.6 is 0 Å². The fourth-order valence-electron chi connectivity index (χ4n) is 10.2. The van der Waals surface area contributed by atoms with Crippen molar-refractivity contribution < 1.29 is 38.6 Å². The standard InChI is InChI=1S/C71H68N4O.Pt/c1-46(2)47(3)61-43-67(72-44-62(61)49-32-34-51(35-33-49)69(4,5)6)75-63-29-17-16-26-59(63)60-37-36-56(42-66(60)75)76-55-25-20-24-54(41-55)73-45-74(65-31-19-18-30-64(65)73)68-57(48-22-14-13-15-23-48)27-21-28-58(68)50-38-52(70(7,8)9)40-53(39-50)71(10,11)12;/h13-40,43-44,46-47H,1-12H3;/q-2;/i13D,14D,15D,22D,23D,47D;. The normalized spacial score (nSPS) is 14.1. The second-order valence-electron chi connectivity index (χ2n) is 23.5. The molecule has 0 aliphatic carbocycles. The number of ether oxygens (including phenoxy) is 1. The van der Waals surface area contributed by atoms with E-state index in [4.69, 9.17) is 13.8 Å². The molecule has 6 heteroatoms. The molecule has 77 heavy (non-hydrogen) atoms. The maximum atomic E-state index is 9.80. The molecular formula is C71H68N4OPt-2. The first-order valence-electron chi connectivity index (χ1n) is 29.3. The van der Waals surface area contributed by atoms with Gasteiger partial charge in [0, 0.05) is 51.2 Å². The molecule has 5 nitrogen and oxygen atoms in total. The Bertz CT molecular complexity index is 4270. The summed E-state index contributed by atoms with van der Waals surface area (Å²) < 4.78 is 67.1. The molecule has 3 aromatic heterocycles. The van der Waals surface area contributed by atoms with Crippen LogP contribution in [-0.4, -0.2) is 14.1 Å². The van der Waals surface area contributed by atoms with Crippen molar-refractivity contribution in [3.8, 4) is 62.1 Å². The molecule has 0 aliphatic rings. The topological polar surface area (TPSA) is 35.9 Å². The van der Waals surface area contributed by atoms with Gasteiger partial charge in [0.1, 0.15) is 5.82 Å². The van der Waals surface area contributed by atoms with E-state index in [1.54, 1.807) is 0 Å². The number of hydrogen-bond donors (Lipinski definition) is 0. The molecule has 8 aromatic carbocycles. The molecular weight excluding hydrogens is 1120 g/mol. The Hall–Kier alpha value is -7.33. The molecule has 0 radical (unpaired) electrons. The van der Waals surface area contributed by atoms with Crippen LogP contribution in [0.5, 0.6) is 11.5 Å². The Kier molecular flexibility index (Phi) is 12.2. The minimum absolute atomic E-state index is 0. The van der Waals surface area contributed by atoms with Crippen molar-refractivity contribution >= 4 is 32.8 Å². The van der Waals surface area contributed by atoms with E-state index in [1.807, 2.05) is 101 Å². The molecule has 0 aliphatic heterocycles. The second kappa shape index (κ2) is 20.6. The van der Waals surface area contributed by atoms with E-state index in [1.165, 1.54) is 5.56 Å². The largest absolute Gasteiger partial charge is 0.510 e. The molecule has 1 unspecified atom stereocenters. The first-order chi connectivity index (χ1) is 38.7. The fraction of sp³-hybridized carbons (Fsp3) is 0.239. The Balaban J connectivity index is 0.00000769. The fourth-order valence-corrected chi connectivity index (χ4v) is 10.2. The van der Waals surface area contributed by atoms with Crippen LogP contribution in [0.25, 0.3) is 83.4 Å². The van der Waals surface area contributed by atoms with Gasteiger partial charge in [-0.05, 0) is 101 Å². The van der Waals surface area contributed by atoms with Gasteiger partial charge in [-0.1, -0.05) is 222 Å². The van der Waals surface area contributed by atoms with Crippen molar-refractivity contribution in [1.82, 2.24) is 14.1 Å². The predicted molar refractivity (Wildman–Crippen MR) is 316 cm³/mol. The predicted octanol–water partition coefficient (Wildman–Crippen LogP) is 18.2. The van der Waals surface area contributed by atoms with E-state index in [0.717, 1.165) is 71.8 Å².